The smallest absolute Gasteiger partial charge is 0.195 e. The molecule has 154 valence electrons. The maximum Gasteiger partial charge on any atom is 0.195 e. The number of nitrogens with two attached hydrogens (primary N) is 1. The zero-order valence-electron chi connectivity index (χ0n) is 16.5. The van der Waals surface area contributed by atoms with Gasteiger partial charge in [-0.1, -0.05) is 12.1 Å². The zero-order valence-corrected chi connectivity index (χ0v) is 17.3. The van der Waals surface area contributed by atoms with Crippen molar-refractivity contribution in [1.29, 1.82) is 0 Å². The van der Waals surface area contributed by atoms with Crippen LogP contribution >= 0.6 is 11.8 Å². The van der Waals surface area contributed by atoms with Crippen molar-refractivity contribution in [2.45, 2.75) is 23.0 Å². The predicted octanol–water partition coefficient (Wildman–Crippen LogP) is 3.91. The molecular formula is C21H20FN5O2S. The minimum absolute atomic E-state index is 0.250. The second kappa shape index (κ2) is 8.58. The Balaban J connectivity index is 1.62. The molecule has 2 aromatic carbocycles. The van der Waals surface area contributed by atoms with E-state index in [0.29, 0.717) is 47.0 Å². The van der Waals surface area contributed by atoms with E-state index in [2.05, 4.69) is 15.0 Å². The second-order valence-electron chi connectivity index (χ2n) is 6.50. The van der Waals surface area contributed by atoms with Gasteiger partial charge in [0.15, 0.2) is 22.5 Å². The number of aromatic nitrogens is 4. The molecule has 0 spiro atoms. The van der Waals surface area contributed by atoms with Gasteiger partial charge in [0.1, 0.15) is 17.3 Å². The highest BCUT2D eigenvalue weighted by Crippen LogP contribution is 2.38. The van der Waals surface area contributed by atoms with Crippen LogP contribution in [-0.4, -0.2) is 33.7 Å². The van der Waals surface area contributed by atoms with Crippen LogP contribution in [0.4, 0.5) is 10.2 Å². The van der Waals surface area contributed by atoms with Gasteiger partial charge in [-0.2, -0.15) is 0 Å². The van der Waals surface area contributed by atoms with E-state index in [4.69, 9.17) is 15.2 Å². The number of halogens is 1. The summed E-state index contributed by atoms with van der Waals surface area (Å²) in [4.78, 5) is 14.3. The van der Waals surface area contributed by atoms with Crippen LogP contribution in [0.3, 0.4) is 0 Å². The fraction of sp³-hybridized carbons (Fsp3) is 0.190. The molecule has 30 heavy (non-hydrogen) atoms. The van der Waals surface area contributed by atoms with Gasteiger partial charge < -0.3 is 19.8 Å². The number of aryl methyl sites for hydroxylation is 2. The van der Waals surface area contributed by atoms with Crippen LogP contribution in [0.25, 0.3) is 11.5 Å². The first-order valence-corrected chi connectivity index (χ1v) is 10.0. The van der Waals surface area contributed by atoms with Gasteiger partial charge in [-0.05, 0) is 54.1 Å². The van der Waals surface area contributed by atoms with E-state index in [9.17, 15) is 4.39 Å². The van der Waals surface area contributed by atoms with Crippen LogP contribution in [0.15, 0.2) is 58.8 Å². The molecule has 9 heteroatoms. The average molecular weight is 425 g/mol. The summed E-state index contributed by atoms with van der Waals surface area (Å²) in [6.45, 7) is 0.612. The standard InChI is InChI=1S/C21H20FN5O2S/c1-28-15-7-8-16(29-2)17(11-15)30-21-25-18-19(23)24-12-27(20(18)26-21)10-9-13-3-5-14(22)6-4-13/h3-8,11-12H,9-10,23H2,1-2H3. The van der Waals surface area contributed by atoms with Gasteiger partial charge in [-0.3, -0.25) is 0 Å². The van der Waals surface area contributed by atoms with Gasteiger partial charge in [0.05, 0.1) is 25.4 Å². The summed E-state index contributed by atoms with van der Waals surface area (Å²) in [6.07, 6.45) is 2.35. The van der Waals surface area contributed by atoms with E-state index < -0.39 is 0 Å². The van der Waals surface area contributed by atoms with Gasteiger partial charge in [-0.15, -0.1) is 0 Å². The Morgan fingerprint density at radius 3 is 2.60 bits per heavy atom. The lowest BCUT2D eigenvalue weighted by Crippen LogP contribution is -2.10. The van der Waals surface area contributed by atoms with Crippen LogP contribution in [0.5, 0.6) is 11.5 Å². The molecule has 0 unspecified atom stereocenters. The minimum atomic E-state index is -0.250. The van der Waals surface area contributed by atoms with Gasteiger partial charge in [0.2, 0.25) is 0 Å². The van der Waals surface area contributed by atoms with E-state index in [1.165, 1.54) is 23.9 Å². The number of rotatable bonds is 7. The summed E-state index contributed by atoms with van der Waals surface area (Å²) in [6, 6.07) is 12.0. The van der Waals surface area contributed by atoms with Crippen LogP contribution in [0.2, 0.25) is 0 Å². The molecule has 2 aliphatic heterocycles. The quantitative estimate of drug-likeness (QED) is 0.480. The maximum atomic E-state index is 13.1. The van der Waals surface area contributed by atoms with Crippen molar-refractivity contribution in [2.24, 2.45) is 0 Å². The molecule has 0 aromatic heterocycles. The Bertz CT molecular complexity index is 1130. The molecule has 0 saturated carbocycles. The molecule has 7 nitrogen and oxygen atoms in total. The summed E-state index contributed by atoms with van der Waals surface area (Å²) in [7, 11) is 3.22. The summed E-state index contributed by atoms with van der Waals surface area (Å²) in [5.74, 6) is 2.13. The lowest BCUT2D eigenvalue weighted by atomic mass is 10.1. The van der Waals surface area contributed by atoms with Crippen molar-refractivity contribution in [2.75, 3.05) is 20.0 Å². The molecule has 0 saturated heterocycles. The molecule has 2 aliphatic rings. The number of imidazole rings is 1. The Morgan fingerprint density at radius 1 is 1.07 bits per heavy atom. The van der Waals surface area contributed by atoms with Crippen LogP contribution < -0.4 is 15.2 Å². The Morgan fingerprint density at radius 2 is 1.87 bits per heavy atom. The van der Waals surface area contributed by atoms with E-state index in [1.54, 1.807) is 32.7 Å². The van der Waals surface area contributed by atoms with Crippen LogP contribution in [0, 0.1) is 5.82 Å². The Hall–Kier alpha value is -3.33. The van der Waals surface area contributed by atoms with Crippen molar-refractivity contribution in [3.05, 3.63) is 60.2 Å². The number of ether oxygens (including phenoxy) is 2. The van der Waals surface area contributed by atoms with Crippen molar-refractivity contribution >= 4 is 17.6 Å². The van der Waals surface area contributed by atoms with E-state index in [1.807, 2.05) is 22.8 Å². The van der Waals surface area contributed by atoms with E-state index in [-0.39, 0.29) is 5.82 Å². The lowest BCUT2D eigenvalue weighted by molar-refractivity contribution is 0.394. The monoisotopic (exact) mass is 425 g/mol. The second-order valence-corrected chi connectivity index (χ2v) is 7.51. The van der Waals surface area contributed by atoms with Crippen LogP contribution in [-0.2, 0) is 13.0 Å². The number of nitrogens with zero attached hydrogens (tertiary/aromatic N) is 4. The third-order valence-electron chi connectivity index (χ3n) is 4.60. The molecular weight excluding hydrogens is 405 g/mol. The van der Waals surface area contributed by atoms with Crippen molar-refractivity contribution in [1.82, 2.24) is 19.5 Å². The third kappa shape index (κ3) is 4.16. The summed E-state index contributed by atoms with van der Waals surface area (Å²) >= 11 is 1.36. The highest BCUT2D eigenvalue weighted by atomic mass is 32.2. The summed E-state index contributed by atoms with van der Waals surface area (Å²) < 4.78 is 25.8. The van der Waals surface area contributed by atoms with Crippen molar-refractivity contribution in [3.8, 4) is 23.0 Å². The minimum Gasteiger partial charge on any atom is -0.497 e. The highest BCUT2D eigenvalue weighted by Gasteiger charge is 2.20. The van der Waals surface area contributed by atoms with Gasteiger partial charge in [-0.25, -0.2) is 19.3 Å². The third-order valence-corrected chi connectivity index (χ3v) is 5.50. The zero-order chi connectivity index (χ0) is 21.1. The Kier molecular flexibility index (Phi) is 5.71. The molecule has 0 radical (unpaired) electrons. The molecule has 2 heterocycles. The molecule has 4 rings (SSSR count). The van der Waals surface area contributed by atoms with Crippen molar-refractivity contribution < 1.29 is 13.9 Å². The molecule has 2 aromatic rings. The topological polar surface area (TPSA) is 88.1 Å². The SMILES string of the molecule is COc1ccc(OC)c(Sc2nc3c(N)ncn(CCc4ccc(F)cc4)c-3n2)c1. The van der Waals surface area contributed by atoms with Gasteiger partial charge in [0.25, 0.3) is 0 Å². The Labute approximate surface area is 177 Å². The van der Waals surface area contributed by atoms with Gasteiger partial charge >= 0.3 is 0 Å². The molecule has 0 amide bonds. The number of anilines is 1. The number of hydrogen-bond acceptors (Lipinski definition) is 7. The summed E-state index contributed by atoms with van der Waals surface area (Å²) in [5, 5.41) is 0.534. The van der Waals surface area contributed by atoms with Crippen molar-refractivity contribution in [3.63, 3.8) is 0 Å². The first-order valence-electron chi connectivity index (χ1n) is 9.20. The molecule has 0 atom stereocenters. The highest BCUT2D eigenvalue weighted by molar-refractivity contribution is 7.99. The average Bonchev–Trinajstić information content (AvgIpc) is 3.19. The molecule has 0 fully saturated rings. The van der Waals surface area contributed by atoms with E-state index >= 15 is 0 Å². The largest absolute Gasteiger partial charge is 0.497 e. The van der Waals surface area contributed by atoms with E-state index in [0.717, 1.165) is 10.5 Å². The first-order chi connectivity index (χ1) is 14.6. The number of benzene rings is 2. The first kappa shape index (κ1) is 20.0. The number of fused-ring (bicyclic) bond motifs is 1. The predicted molar refractivity (Wildman–Crippen MR) is 113 cm³/mol. The molecule has 0 aliphatic carbocycles. The fourth-order valence-electron chi connectivity index (χ4n) is 3.01. The number of methoxy groups -OCH3 is 2. The lowest BCUT2D eigenvalue weighted by Gasteiger charge is -2.11. The van der Waals surface area contributed by atoms with Gasteiger partial charge in [0, 0.05) is 6.54 Å². The summed E-state index contributed by atoms with van der Waals surface area (Å²) in [5.41, 5.74) is 7.60. The number of hydrogen-bond donors (Lipinski definition) is 1. The molecule has 0 bridgehead atoms. The number of nitrogen functional groups attached to an aromatic ring is 1. The van der Waals surface area contributed by atoms with Crippen LogP contribution in [0.1, 0.15) is 5.56 Å². The normalized spacial score (nSPS) is 11.0. The fourth-order valence-corrected chi connectivity index (χ4v) is 3.90. The molecule has 2 N–H and O–H groups in total. The maximum absolute atomic E-state index is 13.1.